The molecule has 1 N–H and O–H groups in total. The Labute approximate surface area is 124 Å². The maximum atomic E-state index is 12.0. The number of likely N-dealkylation sites (tertiary alicyclic amines) is 1. The van der Waals surface area contributed by atoms with Crippen LogP contribution in [0, 0.1) is 0 Å². The fourth-order valence-corrected chi connectivity index (χ4v) is 4.58. The van der Waals surface area contributed by atoms with Gasteiger partial charge in [-0.25, -0.2) is 8.42 Å². The van der Waals surface area contributed by atoms with Gasteiger partial charge in [0.2, 0.25) is 0 Å². The molecule has 2 aliphatic rings. The summed E-state index contributed by atoms with van der Waals surface area (Å²) in [6.07, 6.45) is 2.91. The first-order valence-electron chi connectivity index (χ1n) is 7.34. The fraction of sp³-hybridized carbons (Fsp3) is 0.643. The van der Waals surface area contributed by atoms with Crippen molar-refractivity contribution in [2.45, 2.75) is 31.8 Å². The Morgan fingerprint density at radius 1 is 1.33 bits per heavy atom. The summed E-state index contributed by atoms with van der Waals surface area (Å²) in [5.74, 6) is 0.885. The van der Waals surface area contributed by atoms with Gasteiger partial charge >= 0.3 is 0 Å². The molecule has 1 aromatic heterocycles. The summed E-state index contributed by atoms with van der Waals surface area (Å²) < 4.78 is 28.3. The smallest absolute Gasteiger partial charge is 0.287 e. The summed E-state index contributed by atoms with van der Waals surface area (Å²) in [4.78, 5) is 14.3. The first kappa shape index (κ1) is 14.6. The van der Waals surface area contributed by atoms with Gasteiger partial charge in [0.25, 0.3) is 5.91 Å². The molecular formula is C14H20N2O4S. The normalized spacial score (nSPS) is 25.2. The molecule has 116 valence electrons. The minimum absolute atomic E-state index is 0.0279. The molecule has 2 aliphatic heterocycles. The molecular weight excluding hydrogens is 292 g/mol. The van der Waals surface area contributed by atoms with E-state index in [4.69, 9.17) is 4.42 Å². The van der Waals surface area contributed by atoms with Gasteiger partial charge in [-0.3, -0.25) is 9.69 Å². The monoisotopic (exact) mass is 312 g/mol. The minimum atomic E-state index is -2.99. The maximum absolute atomic E-state index is 12.0. The predicted molar refractivity (Wildman–Crippen MR) is 77.7 cm³/mol. The fourth-order valence-electron chi connectivity index (χ4n) is 2.91. The third kappa shape index (κ3) is 3.65. The Morgan fingerprint density at radius 3 is 2.76 bits per heavy atom. The van der Waals surface area contributed by atoms with Gasteiger partial charge < -0.3 is 9.73 Å². The van der Waals surface area contributed by atoms with Crippen molar-refractivity contribution >= 4 is 15.7 Å². The van der Waals surface area contributed by atoms with Crippen molar-refractivity contribution in [3.05, 3.63) is 23.7 Å². The van der Waals surface area contributed by atoms with Crippen LogP contribution >= 0.6 is 0 Å². The highest BCUT2D eigenvalue weighted by Crippen LogP contribution is 2.16. The molecule has 3 rings (SSSR count). The Bertz CT molecular complexity index is 617. The number of carbonyl (C=O) groups excluding carboxylic acids is 1. The topological polar surface area (TPSA) is 79.6 Å². The Hall–Kier alpha value is -1.34. The second-order valence-electron chi connectivity index (χ2n) is 5.82. The van der Waals surface area contributed by atoms with E-state index in [-0.39, 0.29) is 29.2 Å². The van der Waals surface area contributed by atoms with Gasteiger partial charge in [-0.15, -0.1) is 0 Å². The quantitative estimate of drug-likeness (QED) is 0.889. The predicted octanol–water partition coefficient (Wildman–Crippen LogP) is 0.792. The van der Waals surface area contributed by atoms with Crippen LogP contribution in [0.3, 0.4) is 0 Å². The van der Waals surface area contributed by atoms with E-state index in [0.29, 0.717) is 6.42 Å². The summed E-state index contributed by atoms with van der Waals surface area (Å²) in [7, 11) is -2.99. The van der Waals surface area contributed by atoms with Gasteiger partial charge in [0.15, 0.2) is 15.6 Å². The zero-order valence-corrected chi connectivity index (χ0v) is 12.7. The van der Waals surface area contributed by atoms with Crippen molar-refractivity contribution in [1.29, 1.82) is 0 Å². The molecule has 7 heteroatoms. The van der Waals surface area contributed by atoms with Gasteiger partial charge in [-0.1, -0.05) is 0 Å². The van der Waals surface area contributed by atoms with E-state index in [1.807, 2.05) is 6.07 Å². The Kier molecular flexibility index (Phi) is 4.03. The standard InChI is InChI=1S/C14H20N2O4S/c17-14(15-11-5-8-21(18,19)10-11)13-4-3-12(20-13)9-16-6-1-2-7-16/h3-4,11H,1-2,5-10H2,(H,15,17). The number of sulfone groups is 1. The first-order valence-corrected chi connectivity index (χ1v) is 9.16. The molecule has 1 amide bonds. The van der Waals surface area contributed by atoms with Crippen LogP contribution in [-0.2, 0) is 16.4 Å². The average molecular weight is 312 g/mol. The summed E-state index contributed by atoms with van der Waals surface area (Å²) in [6, 6.07) is 3.18. The maximum Gasteiger partial charge on any atom is 0.287 e. The Morgan fingerprint density at radius 2 is 2.10 bits per heavy atom. The van der Waals surface area contributed by atoms with Crippen LogP contribution in [0.5, 0.6) is 0 Å². The van der Waals surface area contributed by atoms with E-state index in [1.54, 1.807) is 6.07 Å². The number of carbonyl (C=O) groups is 1. The minimum Gasteiger partial charge on any atom is -0.455 e. The molecule has 0 spiro atoms. The van der Waals surface area contributed by atoms with E-state index in [1.165, 1.54) is 12.8 Å². The largest absolute Gasteiger partial charge is 0.455 e. The molecule has 0 saturated carbocycles. The van der Waals surface area contributed by atoms with Gasteiger partial charge in [-0.2, -0.15) is 0 Å². The molecule has 0 aromatic carbocycles. The second kappa shape index (κ2) is 5.81. The highest BCUT2D eigenvalue weighted by molar-refractivity contribution is 7.91. The number of furan rings is 1. The molecule has 2 saturated heterocycles. The van der Waals surface area contributed by atoms with Crippen LogP contribution in [0.15, 0.2) is 16.5 Å². The van der Waals surface area contributed by atoms with Crippen LogP contribution in [0.2, 0.25) is 0 Å². The number of rotatable bonds is 4. The van der Waals surface area contributed by atoms with Gasteiger partial charge in [0.1, 0.15) is 5.76 Å². The van der Waals surface area contributed by atoms with Crippen LogP contribution in [-0.4, -0.2) is 49.9 Å². The molecule has 3 heterocycles. The lowest BCUT2D eigenvalue weighted by molar-refractivity contribution is 0.0909. The lowest BCUT2D eigenvalue weighted by atomic mass is 10.2. The number of nitrogens with zero attached hydrogens (tertiary/aromatic N) is 1. The van der Waals surface area contributed by atoms with E-state index < -0.39 is 9.84 Å². The molecule has 1 unspecified atom stereocenters. The second-order valence-corrected chi connectivity index (χ2v) is 8.05. The molecule has 0 radical (unpaired) electrons. The Balaban J connectivity index is 1.56. The van der Waals surface area contributed by atoms with Gasteiger partial charge in [0.05, 0.1) is 18.1 Å². The third-order valence-electron chi connectivity index (χ3n) is 4.03. The van der Waals surface area contributed by atoms with Crippen molar-refractivity contribution in [2.24, 2.45) is 0 Å². The van der Waals surface area contributed by atoms with Crippen LogP contribution < -0.4 is 5.32 Å². The van der Waals surface area contributed by atoms with Crippen molar-refractivity contribution in [3.63, 3.8) is 0 Å². The number of hydrogen-bond donors (Lipinski definition) is 1. The summed E-state index contributed by atoms with van der Waals surface area (Å²) in [5.41, 5.74) is 0. The number of nitrogens with one attached hydrogen (secondary N) is 1. The van der Waals surface area contributed by atoms with Gasteiger partial charge in [0, 0.05) is 6.04 Å². The molecule has 0 aliphatic carbocycles. The number of amides is 1. The van der Waals surface area contributed by atoms with Crippen molar-refractivity contribution in [2.75, 3.05) is 24.6 Å². The van der Waals surface area contributed by atoms with E-state index in [0.717, 1.165) is 25.4 Å². The highest BCUT2D eigenvalue weighted by Gasteiger charge is 2.29. The summed E-state index contributed by atoms with van der Waals surface area (Å²) in [6.45, 7) is 2.87. The summed E-state index contributed by atoms with van der Waals surface area (Å²) in [5, 5.41) is 2.73. The SMILES string of the molecule is O=C(NC1CCS(=O)(=O)C1)c1ccc(CN2CCCC2)o1. The molecule has 6 nitrogen and oxygen atoms in total. The van der Waals surface area contributed by atoms with E-state index in [2.05, 4.69) is 10.2 Å². The molecule has 2 fully saturated rings. The zero-order chi connectivity index (χ0) is 14.9. The lowest BCUT2D eigenvalue weighted by Crippen LogP contribution is -2.35. The van der Waals surface area contributed by atoms with Gasteiger partial charge in [-0.05, 0) is 44.5 Å². The first-order chi connectivity index (χ1) is 10.0. The van der Waals surface area contributed by atoms with Crippen LogP contribution in [0.1, 0.15) is 35.6 Å². The van der Waals surface area contributed by atoms with Crippen LogP contribution in [0.4, 0.5) is 0 Å². The molecule has 0 bridgehead atoms. The zero-order valence-electron chi connectivity index (χ0n) is 11.9. The van der Waals surface area contributed by atoms with E-state index in [9.17, 15) is 13.2 Å². The molecule has 21 heavy (non-hydrogen) atoms. The molecule has 1 atom stereocenters. The number of hydrogen-bond acceptors (Lipinski definition) is 5. The lowest BCUT2D eigenvalue weighted by Gasteiger charge is -2.12. The molecule has 1 aromatic rings. The van der Waals surface area contributed by atoms with Crippen molar-refractivity contribution < 1.29 is 17.6 Å². The third-order valence-corrected chi connectivity index (χ3v) is 5.80. The van der Waals surface area contributed by atoms with E-state index >= 15 is 0 Å². The summed E-state index contributed by atoms with van der Waals surface area (Å²) >= 11 is 0. The van der Waals surface area contributed by atoms with Crippen LogP contribution in [0.25, 0.3) is 0 Å². The van der Waals surface area contributed by atoms with Crippen molar-refractivity contribution in [1.82, 2.24) is 10.2 Å². The van der Waals surface area contributed by atoms with Crippen molar-refractivity contribution in [3.8, 4) is 0 Å². The average Bonchev–Trinajstić information content (AvgIpc) is 3.12. The highest BCUT2D eigenvalue weighted by atomic mass is 32.2.